The zero-order valence-electron chi connectivity index (χ0n) is 15.9. The number of nitrogens with zero attached hydrogens (tertiary/aromatic N) is 2. The molecule has 0 unspecified atom stereocenters. The van der Waals surface area contributed by atoms with Crippen molar-refractivity contribution in [2.75, 3.05) is 20.1 Å². The minimum atomic E-state index is -3.39. The molecule has 3 rings (SSSR count). The van der Waals surface area contributed by atoms with Gasteiger partial charge in [-0.15, -0.1) is 0 Å². The molecule has 0 aliphatic carbocycles. The first-order valence-corrected chi connectivity index (χ1v) is 10.7. The summed E-state index contributed by atoms with van der Waals surface area (Å²) in [6.07, 6.45) is 1.84. The van der Waals surface area contributed by atoms with Crippen molar-refractivity contribution in [1.82, 2.24) is 14.9 Å². The Morgan fingerprint density at radius 3 is 2.29 bits per heavy atom. The van der Waals surface area contributed by atoms with Crippen molar-refractivity contribution >= 4 is 16.0 Å². The summed E-state index contributed by atoms with van der Waals surface area (Å²) in [4.78, 5) is 4.47. The van der Waals surface area contributed by atoms with Gasteiger partial charge in [0, 0.05) is 33.2 Å². The van der Waals surface area contributed by atoms with Crippen LogP contribution >= 0.6 is 0 Å². The molecule has 0 radical (unpaired) electrons. The lowest BCUT2D eigenvalue weighted by Gasteiger charge is -2.16. The molecule has 2 aromatic rings. The van der Waals surface area contributed by atoms with Crippen molar-refractivity contribution in [3.8, 4) is 0 Å². The first-order valence-electron chi connectivity index (χ1n) is 9.27. The summed E-state index contributed by atoms with van der Waals surface area (Å²) in [5.41, 5.74) is 1.76. The quantitative estimate of drug-likeness (QED) is 0.573. The molecule has 28 heavy (non-hydrogen) atoms. The summed E-state index contributed by atoms with van der Waals surface area (Å²) >= 11 is 0. The summed E-state index contributed by atoms with van der Waals surface area (Å²) < 4.78 is 39.9. The van der Waals surface area contributed by atoms with Crippen molar-refractivity contribution in [2.24, 2.45) is 4.99 Å². The van der Waals surface area contributed by atoms with Crippen LogP contribution in [0.1, 0.15) is 24.0 Å². The van der Waals surface area contributed by atoms with Gasteiger partial charge in [-0.3, -0.25) is 4.99 Å². The largest absolute Gasteiger partial charge is 0.352 e. The Hall–Kier alpha value is -2.45. The summed E-state index contributed by atoms with van der Waals surface area (Å²) in [5.74, 6) is 0.309. The van der Waals surface area contributed by atoms with Crippen molar-refractivity contribution in [1.29, 1.82) is 0 Å². The van der Waals surface area contributed by atoms with Crippen LogP contribution in [0.5, 0.6) is 0 Å². The lowest BCUT2D eigenvalue weighted by Crippen LogP contribution is -2.36. The third kappa shape index (κ3) is 5.08. The molecular weight excluding hydrogens is 379 g/mol. The first kappa shape index (κ1) is 20.3. The molecule has 1 saturated heterocycles. The van der Waals surface area contributed by atoms with Gasteiger partial charge in [-0.05, 0) is 48.2 Å². The number of guanidine groups is 1. The molecule has 1 aliphatic heterocycles. The molecule has 1 heterocycles. The molecule has 0 aromatic heterocycles. The van der Waals surface area contributed by atoms with Crippen LogP contribution in [0.2, 0.25) is 0 Å². The molecule has 150 valence electrons. The number of hydrogen-bond donors (Lipinski definition) is 2. The van der Waals surface area contributed by atoms with Crippen LogP contribution < -0.4 is 10.6 Å². The third-order valence-electron chi connectivity index (χ3n) is 4.66. The molecule has 0 spiro atoms. The molecule has 1 fully saturated rings. The van der Waals surface area contributed by atoms with Gasteiger partial charge >= 0.3 is 0 Å². The van der Waals surface area contributed by atoms with Crippen LogP contribution in [0.4, 0.5) is 4.39 Å². The van der Waals surface area contributed by atoms with E-state index in [0.717, 1.165) is 24.0 Å². The highest BCUT2D eigenvalue weighted by molar-refractivity contribution is 7.89. The number of nitrogens with one attached hydrogen (secondary N) is 2. The molecule has 0 bridgehead atoms. The zero-order valence-corrected chi connectivity index (χ0v) is 16.7. The predicted octanol–water partition coefficient (Wildman–Crippen LogP) is 2.48. The average Bonchev–Trinajstić information content (AvgIpc) is 3.24. The standard InChI is InChI=1S/C20H25FN4O2S/c1-22-20(24-15-17-5-4-6-18(21)13-17)23-14-16-7-9-19(10-8-16)28(26,27)25-11-2-3-12-25/h4-10,13H,2-3,11-12,14-15H2,1H3,(H2,22,23,24). The van der Waals surface area contributed by atoms with Crippen molar-refractivity contribution in [3.63, 3.8) is 0 Å². The minimum Gasteiger partial charge on any atom is -0.352 e. The molecule has 6 nitrogen and oxygen atoms in total. The first-order chi connectivity index (χ1) is 13.5. The van der Waals surface area contributed by atoms with Gasteiger partial charge in [-0.2, -0.15) is 4.31 Å². The number of halogens is 1. The predicted molar refractivity (Wildman–Crippen MR) is 108 cm³/mol. The highest BCUT2D eigenvalue weighted by Crippen LogP contribution is 2.21. The zero-order chi connectivity index (χ0) is 20.0. The third-order valence-corrected chi connectivity index (χ3v) is 6.57. The number of sulfonamides is 1. The van der Waals surface area contributed by atoms with E-state index in [-0.39, 0.29) is 5.82 Å². The van der Waals surface area contributed by atoms with E-state index in [1.54, 1.807) is 41.7 Å². The second-order valence-corrected chi connectivity index (χ2v) is 8.60. The second-order valence-electron chi connectivity index (χ2n) is 6.66. The van der Waals surface area contributed by atoms with Crippen molar-refractivity contribution in [2.45, 2.75) is 30.8 Å². The summed E-state index contributed by atoms with van der Waals surface area (Å²) in [6, 6.07) is 13.3. The molecular formula is C20H25FN4O2S. The van der Waals surface area contributed by atoms with Gasteiger partial charge in [-0.1, -0.05) is 24.3 Å². The Morgan fingerprint density at radius 2 is 1.68 bits per heavy atom. The number of rotatable bonds is 6. The number of benzene rings is 2. The van der Waals surface area contributed by atoms with Crippen LogP contribution in [0, 0.1) is 5.82 Å². The van der Waals surface area contributed by atoms with Gasteiger partial charge in [0.05, 0.1) is 4.90 Å². The Balaban J connectivity index is 1.54. The lowest BCUT2D eigenvalue weighted by atomic mass is 10.2. The fourth-order valence-electron chi connectivity index (χ4n) is 3.10. The monoisotopic (exact) mass is 404 g/mol. The van der Waals surface area contributed by atoms with E-state index >= 15 is 0 Å². The Kier molecular flexibility index (Phi) is 6.64. The van der Waals surface area contributed by atoms with Gasteiger partial charge in [0.25, 0.3) is 0 Å². The van der Waals surface area contributed by atoms with E-state index in [2.05, 4.69) is 15.6 Å². The fourth-order valence-corrected chi connectivity index (χ4v) is 4.61. The van der Waals surface area contributed by atoms with E-state index in [9.17, 15) is 12.8 Å². The van der Waals surface area contributed by atoms with Gasteiger partial charge in [0.2, 0.25) is 10.0 Å². The molecule has 0 atom stereocenters. The Morgan fingerprint density at radius 1 is 1.04 bits per heavy atom. The van der Waals surface area contributed by atoms with Gasteiger partial charge in [0.15, 0.2) is 5.96 Å². The SMILES string of the molecule is CN=C(NCc1ccc(S(=O)(=O)N2CCCC2)cc1)NCc1cccc(F)c1. The summed E-state index contributed by atoms with van der Waals surface area (Å²) in [5, 5.41) is 6.29. The summed E-state index contributed by atoms with van der Waals surface area (Å²) in [6.45, 7) is 2.13. The van der Waals surface area contributed by atoms with E-state index in [1.807, 2.05) is 6.07 Å². The number of aliphatic imine (C=N–C) groups is 1. The van der Waals surface area contributed by atoms with Crippen LogP contribution in [0.3, 0.4) is 0 Å². The van der Waals surface area contributed by atoms with Crippen molar-refractivity contribution < 1.29 is 12.8 Å². The van der Waals surface area contributed by atoms with Gasteiger partial charge < -0.3 is 10.6 Å². The molecule has 8 heteroatoms. The van der Waals surface area contributed by atoms with Crippen LogP contribution in [-0.2, 0) is 23.1 Å². The van der Waals surface area contributed by atoms with Crippen LogP contribution in [-0.4, -0.2) is 38.8 Å². The van der Waals surface area contributed by atoms with Crippen molar-refractivity contribution in [3.05, 3.63) is 65.5 Å². The molecule has 2 aromatic carbocycles. The smallest absolute Gasteiger partial charge is 0.243 e. The topological polar surface area (TPSA) is 73.8 Å². The minimum absolute atomic E-state index is 0.272. The maximum atomic E-state index is 13.2. The maximum Gasteiger partial charge on any atom is 0.243 e. The molecule has 0 saturated carbocycles. The normalized spacial score (nSPS) is 15.6. The van der Waals surface area contributed by atoms with E-state index in [0.29, 0.717) is 37.0 Å². The second kappa shape index (κ2) is 9.16. The average molecular weight is 405 g/mol. The molecule has 1 aliphatic rings. The van der Waals surface area contributed by atoms with Crippen LogP contribution in [0.15, 0.2) is 58.4 Å². The Bertz CT molecular complexity index is 923. The molecule has 2 N–H and O–H groups in total. The van der Waals surface area contributed by atoms with Crippen LogP contribution in [0.25, 0.3) is 0 Å². The molecule has 0 amide bonds. The highest BCUT2D eigenvalue weighted by Gasteiger charge is 2.26. The fraction of sp³-hybridized carbons (Fsp3) is 0.350. The summed E-state index contributed by atoms with van der Waals surface area (Å²) in [7, 11) is -1.73. The maximum absolute atomic E-state index is 13.2. The van der Waals surface area contributed by atoms with E-state index in [4.69, 9.17) is 0 Å². The highest BCUT2D eigenvalue weighted by atomic mass is 32.2. The van der Waals surface area contributed by atoms with E-state index < -0.39 is 10.0 Å². The van der Waals surface area contributed by atoms with Gasteiger partial charge in [0.1, 0.15) is 5.82 Å². The van der Waals surface area contributed by atoms with Gasteiger partial charge in [-0.25, -0.2) is 12.8 Å². The van der Waals surface area contributed by atoms with E-state index in [1.165, 1.54) is 12.1 Å². The number of hydrogen-bond acceptors (Lipinski definition) is 3. The Labute approximate surface area is 165 Å². The lowest BCUT2D eigenvalue weighted by molar-refractivity contribution is 0.477.